The largest absolute Gasteiger partial charge is 0.457 e. The molecule has 0 atom stereocenters. The smallest absolute Gasteiger partial charge is 0.310 e. The predicted molar refractivity (Wildman–Crippen MR) is 99.8 cm³/mol. The number of ketones is 1. The van der Waals surface area contributed by atoms with Crippen molar-refractivity contribution in [2.45, 2.75) is 20.3 Å². The molecule has 0 aliphatic rings. The first kappa shape index (κ1) is 19.7. The van der Waals surface area contributed by atoms with Crippen molar-refractivity contribution in [3.05, 3.63) is 64.7 Å². The van der Waals surface area contributed by atoms with Gasteiger partial charge in [-0.3, -0.25) is 14.3 Å². The van der Waals surface area contributed by atoms with Gasteiger partial charge < -0.3 is 4.74 Å². The van der Waals surface area contributed by atoms with E-state index < -0.39 is 16.0 Å². The maximum Gasteiger partial charge on any atom is 0.310 e. The average Bonchev–Trinajstić information content (AvgIpc) is 2.55. The number of anilines is 1. The topological polar surface area (TPSA) is 89.5 Å². The zero-order chi connectivity index (χ0) is 19.3. The van der Waals surface area contributed by atoms with Gasteiger partial charge in [-0.25, -0.2) is 8.42 Å². The molecule has 0 unspecified atom stereocenters. The molecule has 0 saturated heterocycles. The second-order valence-corrected chi connectivity index (χ2v) is 7.88. The van der Waals surface area contributed by atoms with E-state index in [1.54, 1.807) is 0 Å². The van der Waals surface area contributed by atoms with Gasteiger partial charge in [0.15, 0.2) is 12.4 Å². The Morgan fingerprint density at radius 2 is 1.65 bits per heavy atom. The fraction of sp³-hybridized carbons (Fsp3) is 0.263. The third kappa shape index (κ3) is 6.00. The van der Waals surface area contributed by atoms with Gasteiger partial charge >= 0.3 is 5.97 Å². The summed E-state index contributed by atoms with van der Waals surface area (Å²) in [7, 11) is -3.37. The van der Waals surface area contributed by atoms with Gasteiger partial charge in [-0.15, -0.1) is 0 Å². The quantitative estimate of drug-likeness (QED) is 0.594. The summed E-state index contributed by atoms with van der Waals surface area (Å²) >= 11 is 0. The molecule has 2 aromatic carbocycles. The van der Waals surface area contributed by atoms with Crippen LogP contribution in [-0.2, 0) is 26.0 Å². The number of ether oxygens (including phenoxy) is 1. The lowest BCUT2D eigenvalue weighted by atomic mass is 10.0. The highest BCUT2D eigenvalue weighted by Crippen LogP contribution is 2.13. The predicted octanol–water partition coefficient (Wildman–Crippen LogP) is 2.64. The lowest BCUT2D eigenvalue weighted by Crippen LogP contribution is -2.16. The first-order valence-corrected chi connectivity index (χ1v) is 9.86. The van der Waals surface area contributed by atoms with Crippen molar-refractivity contribution in [2.24, 2.45) is 0 Å². The number of carbonyl (C=O) groups excluding carboxylic acids is 2. The highest BCUT2D eigenvalue weighted by atomic mass is 32.2. The Morgan fingerprint density at radius 3 is 2.23 bits per heavy atom. The van der Waals surface area contributed by atoms with Crippen LogP contribution in [0.3, 0.4) is 0 Å². The van der Waals surface area contributed by atoms with E-state index in [9.17, 15) is 18.0 Å². The molecule has 0 saturated carbocycles. The molecule has 1 N–H and O–H groups in total. The summed E-state index contributed by atoms with van der Waals surface area (Å²) in [5.41, 5.74) is 3.76. The molecular weight excluding hydrogens is 354 g/mol. The molecule has 0 bridgehead atoms. The first-order valence-electron chi connectivity index (χ1n) is 7.97. The van der Waals surface area contributed by atoms with E-state index in [0.29, 0.717) is 11.3 Å². The fourth-order valence-electron chi connectivity index (χ4n) is 2.30. The second kappa shape index (κ2) is 8.14. The molecule has 2 rings (SSSR count). The van der Waals surface area contributed by atoms with Gasteiger partial charge in [-0.05, 0) is 54.8 Å². The highest BCUT2D eigenvalue weighted by molar-refractivity contribution is 7.92. The molecule has 0 aliphatic heterocycles. The van der Waals surface area contributed by atoms with Gasteiger partial charge in [-0.2, -0.15) is 0 Å². The Bertz CT molecular complexity index is 917. The van der Waals surface area contributed by atoms with Gasteiger partial charge in [0.05, 0.1) is 12.7 Å². The zero-order valence-corrected chi connectivity index (χ0v) is 15.7. The molecular formula is C19H21NO5S. The number of carbonyl (C=O) groups is 2. The Hall–Kier alpha value is -2.67. The Kier molecular flexibility index (Phi) is 6.15. The maximum absolute atomic E-state index is 12.1. The number of aryl methyl sites for hydroxylation is 2. The van der Waals surface area contributed by atoms with Crippen molar-refractivity contribution in [2.75, 3.05) is 17.6 Å². The number of sulfonamides is 1. The van der Waals surface area contributed by atoms with Gasteiger partial charge in [0.1, 0.15) is 0 Å². The summed E-state index contributed by atoms with van der Waals surface area (Å²) in [5, 5.41) is 0. The molecule has 0 spiro atoms. The van der Waals surface area contributed by atoms with Crippen LogP contribution in [0.1, 0.15) is 27.0 Å². The van der Waals surface area contributed by atoms with Crippen molar-refractivity contribution < 1.29 is 22.7 Å². The third-order valence-electron chi connectivity index (χ3n) is 3.79. The molecule has 0 heterocycles. The molecule has 0 aromatic heterocycles. The molecule has 2 aromatic rings. The van der Waals surface area contributed by atoms with E-state index in [0.717, 1.165) is 22.9 Å². The number of hydrogen-bond donors (Lipinski definition) is 1. The Morgan fingerprint density at radius 1 is 1.00 bits per heavy atom. The van der Waals surface area contributed by atoms with Crippen LogP contribution in [0, 0.1) is 13.8 Å². The van der Waals surface area contributed by atoms with Crippen molar-refractivity contribution in [3.63, 3.8) is 0 Å². The molecule has 0 radical (unpaired) electrons. The van der Waals surface area contributed by atoms with E-state index in [1.807, 2.05) is 32.0 Å². The molecule has 0 amide bonds. The summed E-state index contributed by atoms with van der Waals surface area (Å²) in [6, 6.07) is 11.6. The van der Waals surface area contributed by atoms with Crippen LogP contribution in [0.15, 0.2) is 42.5 Å². The highest BCUT2D eigenvalue weighted by Gasteiger charge is 2.11. The number of esters is 1. The van der Waals surface area contributed by atoms with E-state index in [2.05, 4.69) is 4.72 Å². The number of hydrogen-bond acceptors (Lipinski definition) is 5. The monoisotopic (exact) mass is 375 g/mol. The van der Waals surface area contributed by atoms with E-state index in [-0.39, 0.29) is 18.8 Å². The number of Topliss-reactive ketones (excluding diaryl/α,β-unsaturated/α-hetero) is 1. The minimum absolute atomic E-state index is 0.103. The van der Waals surface area contributed by atoms with Gasteiger partial charge in [0.25, 0.3) is 0 Å². The van der Waals surface area contributed by atoms with Crippen LogP contribution in [0.4, 0.5) is 5.69 Å². The Balaban J connectivity index is 1.89. The molecule has 0 aliphatic carbocycles. The summed E-state index contributed by atoms with van der Waals surface area (Å²) < 4.78 is 29.7. The lowest BCUT2D eigenvalue weighted by Gasteiger charge is -2.07. The van der Waals surface area contributed by atoms with Crippen LogP contribution in [0.25, 0.3) is 0 Å². The number of nitrogens with one attached hydrogen (secondary N) is 1. The summed E-state index contributed by atoms with van der Waals surface area (Å²) in [6.07, 6.45) is 1.15. The maximum atomic E-state index is 12.1. The fourth-order valence-corrected chi connectivity index (χ4v) is 2.86. The number of rotatable bonds is 7. The van der Waals surface area contributed by atoms with Crippen LogP contribution >= 0.6 is 0 Å². The van der Waals surface area contributed by atoms with Crippen LogP contribution in [-0.4, -0.2) is 33.0 Å². The van der Waals surface area contributed by atoms with Crippen LogP contribution in [0.5, 0.6) is 0 Å². The van der Waals surface area contributed by atoms with Crippen LogP contribution < -0.4 is 4.72 Å². The molecule has 26 heavy (non-hydrogen) atoms. The summed E-state index contributed by atoms with van der Waals surface area (Å²) in [6.45, 7) is 3.60. The van der Waals surface area contributed by atoms with Gasteiger partial charge in [0, 0.05) is 11.3 Å². The van der Waals surface area contributed by atoms with Crippen molar-refractivity contribution in [1.29, 1.82) is 0 Å². The normalized spacial score (nSPS) is 11.0. The molecule has 7 heteroatoms. The SMILES string of the molecule is Cc1ccc(CC(=O)OCC(=O)c2ccc(NS(C)(=O)=O)cc2)cc1C. The van der Waals surface area contributed by atoms with E-state index >= 15 is 0 Å². The molecule has 6 nitrogen and oxygen atoms in total. The summed E-state index contributed by atoms with van der Waals surface area (Å²) in [4.78, 5) is 24.0. The van der Waals surface area contributed by atoms with Gasteiger partial charge in [-0.1, -0.05) is 18.2 Å². The molecule has 138 valence electrons. The van der Waals surface area contributed by atoms with Crippen LogP contribution in [0.2, 0.25) is 0 Å². The minimum Gasteiger partial charge on any atom is -0.457 e. The Labute approximate surface area is 153 Å². The number of benzene rings is 2. The standard InChI is InChI=1S/C19H21NO5S/c1-13-4-5-15(10-14(13)2)11-19(22)25-12-18(21)16-6-8-17(9-7-16)20-26(3,23)24/h4-10,20H,11-12H2,1-3H3. The minimum atomic E-state index is -3.37. The van der Waals surface area contributed by atoms with E-state index in [1.165, 1.54) is 24.3 Å². The van der Waals surface area contributed by atoms with Crippen molar-refractivity contribution in [3.8, 4) is 0 Å². The third-order valence-corrected chi connectivity index (χ3v) is 4.40. The first-order chi connectivity index (χ1) is 12.1. The second-order valence-electron chi connectivity index (χ2n) is 6.13. The average molecular weight is 375 g/mol. The van der Waals surface area contributed by atoms with Crippen molar-refractivity contribution in [1.82, 2.24) is 0 Å². The summed E-state index contributed by atoms with van der Waals surface area (Å²) in [5.74, 6) is -0.832. The van der Waals surface area contributed by atoms with Gasteiger partial charge in [0.2, 0.25) is 10.0 Å². The molecule has 0 fully saturated rings. The lowest BCUT2D eigenvalue weighted by molar-refractivity contribution is -0.141. The van der Waals surface area contributed by atoms with E-state index in [4.69, 9.17) is 4.74 Å². The van der Waals surface area contributed by atoms with Crippen molar-refractivity contribution >= 4 is 27.5 Å². The zero-order valence-electron chi connectivity index (χ0n) is 14.9.